The maximum absolute atomic E-state index is 12.4. The van der Waals surface area contributed by atoms with Crippen molar-refractivity contribution in [2.75, 3.05) is 39.4 Å². The summed E-state index contributed by atoms with van der Waals surface area (Å²) in [5.41, 5.74) is 4.22. The van der Waals surface area contributed by atoms with E-state index in [4.69, 9.17) is 9.47 Å². The van der Waals surface area contributed by atoms with Crippen LogP contribution in [0.15, 0.2) is 18.2 Å². The highest BCUT2D eigenvalue weighted by atomic mass is 16.6. The number of benzene rings is 1. The van der Waals surface area contributed by atoms with Gasteiger partial charge in [-0.05, 0) is 37.5 Å². The largest absolute Gasteiger partial charge is 0.416 e. The molecule has 3 heterocycles. The van der Waals surface area contributed by atoms with Gasteiger partial charge in [0.05, 0.1) is 25.3 Å². The van der Waals surface area contributed by atoms with E-state index in [2.05, 4.69) is 41.9 Å². The lowest BCUT2D eigenvalue weighted by molar-refractivity contribution is 0.0359. The van der Waals surface area contributed by atoms with Crippen molar-refractivity contribution in [3.05, 3.63) is 34.9 Å². The highest BCUT2D eigenvalue weighted by molar-refractivity contribution is 5.85. The first-order chi connectivity index (χ1) is 12.6. The molecular formula is C20H25N3O3. The van der Waals surface area contributed by atoms with Crippen molar-refractivity contribution in [2.45, 2.75) is 26.8 Å². The van der Waals surface area contributed by atoms with Crippen molar-refractivity contribution in [3.8, 4) is 5.88 Å². The second kappa shape index (κ2) is 7.21. The predicted molar refractivity (Wildman–Crippen MR) is 99.5 cm³/mol. The Morgan fingerprint density at radius 2 is 1.96 bits per heavy atom. The number of ether oxygens (including phenoxy) is 2. The van der Waals surface area contributed by atoms with Crippen LogP contribution in [0, 0.1) is 13.8 Å². The van der Waals surface area contributed by atoms with Gasteiger partial charge < -0.3 is 14.4 Å². The van der Waals surface area contributed by atoms with Crippen LogP contribution in [0.3, 0.4) is 0 Å². The zero-order valence-electron chi connectivity index (χ0n) is 15.5. The number of hydrogen-bond donors (Lipinski definition) is 0. The van der Waals surface area contributed by atoms with Crippen LogP contribution in [0.4, 0.5) is 4.79 Å². The van der Waals surface area contributed by atoms with Crippen molar-refractivity contribution in [1.29, 1.82) is 0 Å². The van der Waals surface area contributed by atoms with Gasteiger partial charge in [0.1, 0.15) is 0 Å². The highest BCUT2D eigenvalue weighted by Gasteiger charge is 2.26. The summed E-state index contributed by atoms with van der Waals surface area (Å²) >= 11 is 0. The molecule has 0 radical (unpaired) electrons. The van der Waals surface area contributed by atoms with E-state index in [9.17, 15) is 4.79 Å². The van der Waals surface area contributed by atoms with E-state index in [1.54, 1.807) is 4.90 Å². The van der Waals surface area contributed by atoms with Crippen molar-refractivity contribution in [2.24, 2.45) is 0 Å². The minimum atomic E-state index is -0.295. The summed E-state index contributed by atoms with van der Waals surface area (Å²) in [6, 6.07) is 6.30. The molecule has 6 nitrogen and oxygen atoms in total. The Morgan fingerprint density at radius 3 is 2.77 bits per heavy atom. The minimum Gasteiger partial charge on any atom is -0.391 e. The number of aryl methyl sites for hydroxylation is 2. The third-order valence-corrected chi connectivity index (χ3v) is 5.36. The number of carbonyl (C=O) groups excluding carboxylic acids is 1. The molecule has 0 atom stereocenters. The fourth-order valence-electron chi connectivity index (χ4n) is 3.61. The molecule has 0 bridgehead atoms. The van der Waals surface area contributed by atoms with Gasteiger partial charge in [-0.25, -0.2) is 9.78 Å². The topological polar surface area (TPSA) is 54.9 Å². The summed E-state index contributed by atoms with van der Waals surface area (Å²) < 4.78 is 10.9. The maximum Gasteiger partial charge on any atom is 0.416 e. The Bertz CT molecular complexity index is 831. The molecule has 0 spiro atoms. The molecule has 6 heteroatoms. The van der Waals surface area contributed by atoms with Crippen LogP contribution in [0.2, 0.25) is 0 Å². The first-order valence-electron chi connectivity index (χ1n) is 9.28. The van der Waals surface area contributed by atoms with E-state index in [1.807, 2.05) is 0 Å². The standard InChI is InChI=1S/C20H25N3O3/c1-14-4-5-16-12-17-13-23(7-3-6-22-8-10-25-11-9-22)20(24)26-19(17)21-18(16)15(14)2/h4-5,12H,3,6-11,13H2,1-2H3. The second-order valence-electron chi connectivity index (χ2n) is 7.13. The van der Waals surface area contributed by atoms with E-state index < -0.39 is 0 Å². The molecule has 1 fully saturated rings. The third kappa shape index (κ3) is 3.39. The SMILES string of the molecule is Cc1ccc2cc3c(nc2c1C)OC(=O)N(CCCN1CCOCC1)C3. The average molecular weight is 355 g/mol. The van der Waals surface area contributed by atoms with Crippen LogP contribution in [-0.4, -0.2) is 60.3 Å². The zero-order chi connectivity index (χ0) is 18.1. The normalized spacial score (nSPS) is 18.1. The zero-order valence-corrected chi connectivity index (χ0v) is 15.5. The molecule has 2 aromatic rings. The minimum absolute atomic E-state index is 0.295. The smallest absolute Gasteiger partial charge is 0.391 e. The van der Waals surface area contributed by atoms with Gasteiger partial charge in [0.2, 0.25) is 5.88 Å². The molecule has 138 valence electrons. The molecular weight excluding hydrogens is 330 g/mol. The summed E-state index contributed by atoms with van der Waals surface area (Å²) in [5.74, 6) is 0.459. The summed E-state index contributed by atoms with van der Waals surface area (Å²) in [7, 11) is 0. The quantitative estimate of drug-likeness (QED) is 0.844. The lowest BCUT2D eigenvalue weighted by atomic mass is 10.0. The molecule has 0 unspecified atom stereocenters. The van der Waals surface area contributed by atoms with Gasteiger partial charge in [0.25, 0.3) is 0 Å². The third-order valence-electron chi connectivity index (χ3n) is 5.36. The second-order valence-corrected chi connectivity index (χ2v) is 7.13. The average Bonchev–Trinajstić information content (AvgIpc) is 2.65. The summed E-state index contributed by atoms with van der Waals surface area (Å²) in [6.07, 6.45) is 0.639. The van der Waals surface area contributed by atoms with Crippen LogP contribution >= 0.6 is 0 Å². The number of amides is 1. The molecule has 2 aliphatic rings. The molecule has 0 aliphatic carbocycles. The number of pyridine rings is 1. The van der Waals surface area contributed by atoms with Gasteiger partial charge in [-0.15, -0.1) is 0 Å². The molecule has 1 aromatic heterocycles. The van der Waals surface area contributed by atoms with Gasteiger partial charge in [-0.1, -0.05) is 12.1 Å². The van der Waals surface area contributed by atoms with Crippen molar-refractivity contribution < 1.29 is 14.3 Å². The van der Waals surface area contributed by atoms with Crippen molar-refractivity contribution in [1.82, 2.24) is 14.8 Å². The van der Waals surface area contributed by atoms with Crippen LogP contribution in [-0.2, 0) is 11.3 Å². The van der Waals surface area contributed by atoms with Crippen molar-refractivity contribution in [3.63, 3.8) is 0 Å². The van der Waals surface area contributed by atoms with E-state index in [1.165, 1.54) is 5.56 Å². The molecule has 1 saturated heterocycles. The van der Waals surface area contributed by atoms with Crippen LogP contribution in [0.1, 0.15) is 23.1 Å². The molecule has 2 aliphatic heterocycles. The van der Waals surface area contributed by atoms with E-state index in [0.29, 0.717) is 19.0 Å². The Kier molecular flexibility index (Phi) is 4.78. The molecule has 1 amide bonds. The maximum atomic E-state index is 12.4. The van der Waals surface area contributed by atoms with Gasteiger partial charge in [-0.3, -0.25) is 4.90 Å². The van der Waals surface area contributed by atoms with Crippen LogP contribution in [0.25, 0.3) is 10.9 Å². The summed E-state index contributed by atoms with van der Waals surface area (Å²) in [4.78, 5) is 21.1. The summed E-state index contributed by atoms with van der Waals surface area (Å²) in [5, 5.41) is 1.10. The van der Waals surface area contributed by atoms with E-state index in [0.717, 1.165) is 61.3 Å². The monoisotopic (exact) mass is 355 g/mol. The van der Waals surface area contributed by atoms with Gasteiger partial charge in [-0.2, -0.15) is 0 Å². The molecule has 26 heavy (non-hydrogen) atoms. The van der Waals surface area contributed by atoms with E-state index >= 15 is 0 Å². The lowest BCUT2D eigenvalue weighted by Crippen LogP contribution is -2.41. The van der Waals surface area contributed by atoms with Crippen molar-refractivity contribution >= 4 is 17.0 Å². The molecule has 4 rings (SSSR count). The number of fused-ring (bicyclic) bond motifs is 2. The Morgan fingerprint density at radius 1 is 1.15 bits per heavy atom. The van der Waals surface area contributed by atoms with Crippen LogP contribution < -0.4 is 4.74 Å². The number of aromatic nitrogens is 1. The number of rotatable bonds is 4. The fraction of sp³-hybridized carbons (Fsp3) is 0.500. The molecule has 0 N–H and O–H groups in total. The Hall–Kier alpha value is -2.18. The van der Waals surface area contributed by atoms with Gasteiger partial charge >= 0.3 is 6.09 Å². The van der Waals surface area contributed by atoms with Gasteiger partial charge in [0, 0.05) is 37.1 Å². The fourth-order valence-corrected chi connectivity index (χ4v) is 3.61. The number of hydrogen-bond acceptors (Lipinski definition) is 5. The molecule has 0 saturated carbocycles. The van der Waals surface area contributed by atoms with Gasteiger partial charge in [0.15, 0.2) is 0 Å². The Labute approximate surface area is 153 Å². The number of nitrogens with zero attached hydrogens (tertiary/aromatic N) is 3. The first kappa shape index (κ1) is 17.2. The number of carbonyl (C=O) groups is 1. The van der Waals surface area contributed by atoms with Crippen LogP contribution in [0.5, 0.6) is 5.88 Å². The highest BCUT2D eigenvalue weighted by Crippen LogP contribution is 2.30. The lowest BCUT2D eigenvalue weighted by Gasteiger charge is -2.30. The predicted octanol–water partition coefficient (Wildman–Crippen LogP) is 2.89. The number of morpholine rings is 1. The first-order valence-corrected chi connectivity index (χ1v) is 9.28. The summed E-state index contributed by atoms with van der Waals surface area (Å²) in [6.45, 7) is 9.91. The Balaban J connectivity index is 1.46. The molecule has 1 aromatic carbocycles. The van der Waals surface area contributed by atoms with E-state index in [-0.39, 0.29) is 6.09 Å².